The fraction of sp³-hybridized carbons (Fsp3) is 0.583. The van der Waals surface area contributed by atoms with Crippen LogP contribution in [0.15, 0.2) is 30.3 Å². The van der Waals surface area contributed by atoms with E-state index >= 15 is 0 Å². The zero-order chi connectivity index (χ0) is 19.8. The lowest BCUT2D eigenvalue weighted by molar-refractivity contribution is -0.128. The number of nitrogens with one attached hydrogen (secondary N) is 1. The molecule has 0 bridgehead atoms. The van der Waals surface area contributed by atoms with Gasteiger partial charge in [-0.15, -0.1) is 0 Å². The zero-order valence-corrected chi connectivity index (χ0v) is 17.6. The number of hydrogen-bond acceptors (Lipinski definition) is 2. The smallest absolute Gasteiger partial charge is 0.224 e. The molecule has 1 heterocycles. The summed E-state index contributed by atoms with van der Waals surface area (Å²) in [6, 6.07) is 11.1. The van der Waals surface area contributed by atoms with Crippen LogP contribution < -0.4 is 5.32 Å². The van der Waals surface area contributed by atoms with Crippen LogP contribution in [-0.4, -0.2) is 21.7 Å². The van der Waals surface area contributed by atoms with Crippen LogP contribution in [0.5, 0.6) is 0 Å². The number of carbonyl (C=O) groups excluding carboxylic acids is 1. The molecule has 0 saturated heterocycles. The highest BCUT2D eigenvalue weighted by molar-refractivity contribution is 5.79. The van der Waals surface area contributed by atoms with Crippen molar-refractivity contribution in [2.75, 3.05) is 0 Å². The normalized spacial score (nSPS) is 27.6. The number of aromatic nitrogens is 2. The van der Waals surface area contributed by atoms with Crippen LogP contribution in [0.2, 0.25) is 0 Å². The van der Waals surface area contributed by atoms with E-state index in [1.807, 2.05) is 18.5 Å². The van der Waals surface area contributed by atoms with E-state index in [-0.39, 0.29) is 17.9 Å². The number of carbonyl (C=O) groups is 1. The van der Waals surface area contributed by atoms with Gasteiger partial charge in [0, 0.05) is 17.7 Å². The predicted molar refractivity (Wildman–Crippen MR) is 112 cm³/mol. The van der Waals surface area contributed by atoms with Crippen LogP contribution in [0.3, 0.4) is 0 Å². The fourth-order valence-corrected chi connectivity index (χ4v) is 5.41. The van der Waals surface area contributed by atoms with E-state index in [2.05, 4.69) is 54.6 Å². The third kappa shape index (κ3) is 3.38. The summed E-state index contributed by atoms with van der Waals surface area (Å²) in [6.07, 6.45) is 5.19. The molecule has 5 atom stereocenters. The topological polar surface area (TPSA) is 46.9 Å². The Morgan fingerprint density at radius 3 is 2.46 bits per heavy atom. The summed E-state index contributed by atoms with van der Waals surface area (Å²) in [5.74, 6) is 1.93. The number of hydrogen-bond donors (Lipinski definition) is 1. The standard InChI is InChI=1S/C24H33N3O/c1-15(14-27-18(4)16(2)17(3)26-27)24(28)25-23-21-13-9-8-12-20(21)22(23)19-10-6-5-7-11-19/h5-7,10-11,15,20-23H,8-9,12-14H2,1-4H3,(H,25,28)/t15-,20+,21+,22-,23-/m0/s1. The fourth-order valence-electron chi connectivity index (χ4n) is 5.41. The zero-order valence-electron chi connectivity index (χ0n) is 17.6. The first-order valence-electron chi connectivity index (χ1n) is 10.8. The van der Waals surface area contributed by atoms with Gasteiger partial charge in [-0.2, -0.15) is 5.10 Å². The van der Waals surface area contributed by atoms with Crippen molar-refractivity contribution < 1.29 is 4.79 Å². The van der Waals surface area contributed by atoms with Crippen molar-refractivity contribution in [2.45, 2.75) is 71.9 Å². The summed E-state index contributed by atoms with van der Waals surface area (Å²) in [6.45, 7) is 8.88. The first-order chi connectivity index (χ1) is 13.5. The summed E-state index contributed by atoms with van der Waals surface area (Å²) in [7, 11) is 0. The van der Waals surface area contributed by atoms with Crippen molar-refractivity contribution in [3.63, 3.8) is 0 Å². The third-order valence-corrected chi connectivity index (χ3v) is 7.32. The monoisotopic (exact) mass is 379 g/mol. The van der Waals surface area contributed by atoms with Gasteiger partial charge in [-0.3, -0.25) is 9.48 Å². The second-order valence-corrected chi connectivity index (χ2v) is 8.96. The summed E-state index contributed by atoms with van der Waals surface area (Å²) in [5, 5.41) is 8.06. The molecule has 4 rings (SSSR count). The van der Waals surface area contributed by atoms with Crippen LogP contribution >= 0.6 is 0 Å². The van der Waals surface area contributed by atoms with Gasteiger partial charge in [0.1, 0.15) is 0 Å². The van der Waals surface area contributed by atoms with Crippen molar-refractivity contribution in [1.29, 1.82) is 0 Å². The average Bonchev–Trinajstić information content (AvgIpc) is 2.93. The third-order valence-electron chi connectivity index (χ3n) is 7.32. The minimum Gasteiger partial charge on any atom is -0.352 e. The van der Waals surface area contributed by atoms with Gasteiger partial charge < -0.3 is 5.32 Å². The molecule has 0 radical (unpaired) electrons. The van der Waals surface area contributed by atoms with Crippen molar-refractivity contribution in [2.24, 2.45) is 17.8 Å². The SMILES string of the molecule is Cc1nn(C[C@H](C)C(=O)N[C@H]2[C@@H]3CCCC[C@H]3[C@@H]2c2ccccc2)c(C)c1C. The summed E-state index contributed by atoms with van der Waals surface area (Å²) in [5.41, 5.74) is 4.83. The van der Waals surface area contributed by atoms with Gasteiger partial charge in [0.25, 0.3) is 0 Å². The number of fused-ring (bicyclic) bond motifs is 1. The predicted octanol–water partition coefficient (Wildman–Crippen LogP) is 4.53. The van der Waals surface area contributed by atoms with Crippen molar-refractivity contribution in [1.82, 2.24) is 15.1 Å². The Morgan fingerprint density at radius 2 is 1.82 bits per heavy atom. The highest BCUT2D eigenvalue weighted by Gasteiger charge is 2.51. The van der Waals surface area contributed by atoms with Crippen LogP contribution in [0.25, 0.3) is 0 Å². The van der Waals surface area contributed by atoms with E-state index < -0.39 is 0 Å². The molecule has 0 unspecified atom stereocenters. The first-order valence-corrected chi connectivity index (χ1v) is 10.8. The molecule has 2 aromatic rings. The number of amides is 1. The van der Waals surface area contributed by atoms with Gasteiger partial charge in [0.2, 0.25) is 5.91 Å². The van der Waals surface area contributed by atoms with E-state index in [0.717, 1.165) is 17.3 Å². The molecule has 2 aliphatic carbocycles. The minimum atomic E-state index is -0.0866. The highest BCUT2D eigenvalue weighted by Crippen LogP contribution is 2.54. The van der Waals surface area contributed by atoms with Gasteiger partial charge >= 0.3 is 0 Å². The number of nitrogens with zero attached hydrogens (tertiary/aromatic N) is 2. The molecule has 4 heteroatoms. The van der Waals surface area contributed by atoms with Crippen LogP contribution in [0, 0.1) is 38.5 Å². The Balaban J connectivity index is 1.46. The molecule has 150 valence electrons. The van der Waals surface area contributed by atoms with E-state index in [1.54, 1.807) is 0 Å². The Hall–Kier alpha value is -2.10. The van der Waals surface area contributed by atoms with Crippen molar-refractivity contribution in [3.05, 3.63) is 52.8 Å². The maximum absolute atomic E-state index is 13.1. The molecule has 1 aromatic heterocycles. The molecular weight excluding hydrogens is 346 g/mol. The molecule has 2 fully saturated rings. The lowest BCUT2D eigenvalue weighted by atomic mass is 9.53. The van der Waals surface area contributed by atoms with E-state index in [4.69, 9.17) is 0 Å². The molecule has 1 N–H and O–H groups in total. The van der Waals surface area contributed by atoms with Crippen molar-refractivity contribution in [3.8, 4) is 0 Å². The Morgan fingerprint density at radius 1 is 1.14 bits per heavy atom. The molecule has 0 spiro atoms. The van der Waals surface area contributed by atoms with Gasteiger partial charge in [0.05, 0.1) is 18.2 Å². The van der Waals surface area contributed by atoms with E-state index in [0.29, 0.717) is 18.4 Å². The molecule has 2 aliphatic rings. The molecule has 0 aliphatic heterocycles. The number of aryl methyl sites for hydroxylation is 1. The Labute approximate surface area is 168 Å². The lowest BCUT2D eigenvalue weighted by Gasteiger charge is -2.55. The number of rotatable bonds is 5. The van der Waals surface area contributed by atoms with Gasteiger partial charge in [-0.1, -0.05) is 50.1 Å². The van der Waals surface area contributed by atoms with E-state index in [9.17, 15) is 4.79 Å². The quantitative estimate of drug-likeness (QED) is 0.829. The van der Waals surface area contributed by atoms with E-state index in [1.165, 1.54) is 36.8 Å². The Bertz CT molecular complexity index is 841. The average molecular weight is 380 g/mol. The van der Waals surface area contributed by atoms with Crippen LogP contribution in [-0.2, 0) is 11.3 Å². The highest BCUT2D eigenvalue weighted by atomic mass is 16.2. The maximum atomic E-state index is 13.1. The summed E-state index contributed by atoms with van der Waals surface area (Å²) in [4.78, 5) is 13.1. The molecular formula is C24H33N3O. The van der Waals surface area contributed by atoms with Crippen LogP contribution in [0.4, 0.5) is 0 Å². The summed E-state index contributed by atoms with van der Waals surface area (Å²) >= 11 is 0. The maximum Gasteiger partial charge on any atom is 0.224 e. The van der Waals surface area contributed by atoms with Gasteiger partial charge in [-0.05, 0) is 56.6 Å². The summed E-state index contributed by atoms with van der Waals surface area (Å²) < 4.78 is 1.99. The second kappa shape index (κ2) is 7.73. The van der Waals surface area contributed by atoms with Gasteiger partial charge in [0.15, 0.2) is 0 Å². The molecule has 2 saturated carbocycles. The lowest BCUT2D eigenvalue weighted by Crippen LogP contribution is -2.60. The second-order valence-electron chi connectivity index (χ2n) is 8.96. The largest absolute Gasteiger partial charge is 0.352 e. The Kier molecular flexibility index (Phi) is 5.31. The van der Waals surface area contributed by atoms with Crippen LogP contribution in [0.1, 0.15) is 61.0 Å². The van der Waals surface area contributed by atoms with Crippen molar-refractivity contribution >= 4 is 5.91 Å². The number of benzene rings is 1. The molecule has 28 heavy (non-hydrogen) atoms. The minimum absolute atomic E-state index is 0.0866. The van der Waals surface area contributed by atoms with Gasteiger partial charge in [-0.25, -0.2) is 0 Å². The molecule has 1 aromatic carbocycles. The first kappa shape index (κ1) is 19.2. The molecule has 1 amide bonds. The molecule has 4 nitrogen and oxygen atoms in total.